The van der Waals surface area contributed by atoms with E-state index in [1.165, 1.54) is 48.5 Å². The van der Waals surface area contributed by atoms with Gasteiger partial charge in [-0.2, -0.15) is 9.97 Å². The summed E-state index contributed by atoms with van der Waals surface area (Å²) in [6.07, 6.45) is 3.40. The first-order valence-electron chi connectivity index (χ1n) is 9.20. The molecule has 3 rings (SSSR count). The third-order valence-electron chi connectivity index (χ3n) is 5.01. The predicted molar refractivity (Wildman–Crippen MR) is 121 cm³/mol. The van der Waals surface area contributed by atoms with Crippen molar-refractivity contribution in [1.29, 1.82) is 0 Å². The molecule has 0 aliphatic rings. The van der Waals surface area contributed by atoms with Crippen molar-refractivity contribution in [2.24, 2.45) is 14.1 Å². The van der Waals surface area contributed by atoms with Gasteiger partial charge in [0.25, 0.3) is 11.1 Å². The number of benzene rings is 1. The highest BCUT2D eigenvalue weighted by Crippen LogP contribution is 2.39. The van der Waals surface area contributed by atoms with Crippen LogP contribution in [0.2, 0.25) is 0 Å². The third-order valence-corrected chi connectivity index (χ3v) is 6.47. The molecule has 2 aromatic heterocycles. The minimum atomic E-state index is -1.27. The molecule has 0 aliphatic heterocycles. The van der Waals surface area contributed by atoms with Crippen LogP contribution in [0.25, 0.3) is 0 Å². The summed E-state index contributed by atoms with van der Waals surface area (Å²) < 4.78 is 7.55. The van der Waals surface area contributed by atoms with E-state index < -0.39 is 28.8 Å². The molecule has 0 bridgehead atoms. The molecule has 0 fully saturated rings. The van der Waals surface area contributed by atoms with Crippen LogP contribution in [-0.4, -0.2) is 54.0 Å². The maximum absolute atomic E-state index is 13.2. The maximum atomic E-state index is 13.2. The molecule has 0 atom stereocenters. The van der Waals surface area contributed by atoms with Crippen molar-refractivity contribution < 1.29 is 20.1 Å². The SMILES string of the molecule is COc1ccc(C(c2c(O)nc(SC)n(C)c2=O)c2c(O)nc(SC)n(C)c2=O)cc1O. The quantitative estimate of drug-likeness (QED) is 0.354. The Balaban J connectivity index is 2.45. The molecule has 0 radical (unpaired) electrons. The van der Waals surface area contributed by atoms with Gasteiger partial charge in [0.05, 0.1) is 24.2 Å². The Labute approximate surface area is 191 Å². The summed E-state index contributed by atoms with van der Waals surface area (Å²) in [5.74, 6) is -2.52. The first kappa shape index (κ1) is 23.5. The van der Waals surface area contributed by atoms with Crippen LogP contribution < -0.4 is 15.9 Å². The number of phenolic OH excluding ortho intramolecular Hbond substituents is 1. The van der Waals surface area contributed by atoms with Crippen LogP contribution in [0.15, 0.2) is 38.1 Å². The van der Waals surface area contributed by atoms with E-state index in [4.69, 9.17) is 4.74 Å². The summed E-state index contributed by atoms with van der Waals surface area (Å²) in [6, 6.07) is 4.27. The number of aromatic hydroxyl groups is 3. The molecule has 0 saturated heterocycles. The number of aromatic nitrogens is 4. The molecule has 0 aliphatic carbocycles. The molecule has 10 nitrogen and oxygen atoms in total. The average Bonchev–Trinajstić information content (AvgIpc) is 2.77. The Morgan fingerprint density at radius 1 is 0.906 bits per heavy atom. The van der Waals surface area contributed by atoms with Gasteiger partial charge in [-0.05, 0) is 30.2 Å². The van der Waals surface area contributed by atoms with Gasteiger partial charge < -0.3 is 20.1 Å². The lowest BCUT2D eigenvalue weighted by Crippen LogP contribution is -2.31. The molecule has 12 heteroatoms. The Kier molecular flexibility index (Phi) is 6.74. The third kappa shape index (κ3) is 3.91. The molecule has 170 valence electrons. The fraction of sp³-hybridized carbons (Fsp3) is 0.300. The minimum absolute atomic E-state index is 0.175. The van der Waals surface area contributed by atoms with E-state index in [9.17, 15) is 24.9 Å². The number of ether oxygens (including phenoxy) is 1. The molecule has 2 heterocycles. The standard InChI is InChI=1S/C20H22N4O6S2/c1-23-17(28)13(15(26)21-19(23)31-4)12(9-6-7-11(30-3)10(25)8-9)14-16(27)22-20(32-5)24(2)18(14)29/h6-8,12,25-27H,1-5H3. The van der Waals surface area contributed by atoms with E-state index in [1.54, 1.807) is 12.5 Å². The fourth-order valence-corrected chi connectivity index (χ4v) is 4.48. The largest absolute Gasteiger partial charge is 0.504 e. The summed E-state index contributed by atoms with van der Waals surface area (Å²) in [4.78, 5) is 34.6. The smallest absolute Gasteiger partial charge is 0.261 e. The van der Waals surface area contributed by atoms with E-state index in [1.807, 2.05) is 0 Å². The van der Waals surface area contributed by atoms with E-state index in [2.05, 4.69) is 9.97 Å². The Morgan fingerprint density at radius 3 is 1.75 bits per heavy atom. The molecule has 0 amide bonds. The van der Waals surface area contributed by atoms with Gasteiger partial charge in [0, 0.05) is 14.1 Å². The molecule has 32 heavy (non-hydrogen) atoms. The van der Waals surface area contributed by atoms with Gasteiger partial charge in [-0.3, -0.25) is 18.7 Å². The van der Waals surface area contributed by atoms with E-state index in [0.29, 0.717) is 0 Å². The maximum Gasteiger partial charge on any atom is 0.261 e. The highest BCUT2D eigenvalue weighted by Gasteiger charge is 2.33. The van der Waals surface area contributed by atoms with Crippen molar-refractivity contribution in [3.63, 3.8) is 0 Å². The second-order valence-electron chi connectivity index (χ2n) is 6.76. The molecule has 3 N–H and O–H groups in total. The van der Waals surface area contributed by atoms with Gasteiger partial charge in [-0.25, -0.2) is 0 Å². The van der Waals surface area contributed by atoms with Crippen LogP contribution in [0, 0.1) is 0 Å². The number of methoxy groups -OCH3 is 1. The average molecular weight is 479 g/mol. The van der Waals surface area contributed by atoms with Gasteiger partial charge in [0.15, 0.2) is 21.8 Å². The first-order valence-corrected chi connectivity index (χ1v) is 11.7. The zero-order chi connectivity index (χ0) is 23.7. The Morgan fingerprint density at radius 2 is 1.38 bits per heavy atom. The number of rotatable bonds is 6. The first-order chi connectivity index (χ1) is 15.2. The van der Waals surface area contributed by atoms with Crippen molar-refractivity contribution in [2.75, 3.05) is 19.6 Å². The molecule has 3 aromatic rings. The van der Waals surface area contributed by atoms with Crippen molar-refractivity contribution in [3.05, 3.63) is 55.6 Å². The van der Waals surface area contributed by atoms with Crippen molar-refractivity contribution in [3.8, 4) is 23.3 Å². The van der Waals surface area contributed by atoms with Gasteiger partial charge in [-0.15, -0.1) is 0 Å². The number of phenols is 1. The topological polar surface area (TPSA) is 140 Å². The van der Waals surface area contributed by atoms with Gasteiger partial charge in [-0.1, -0.05) is 29.6 Å². The van der Waals surface area contributed by atoms with Crippen molar-refractivity contribution in [2.45, 2.75) is 16.2 Å². The number of nitrogens with zero attached hydrogens (tertiary/aromatic N) is 4. The van der Waals surface area contributed by atoms with E-state index in [-0.39, 0.29) is 38.5 Å². The fourth-order valence-electron chi connectivity index (χ4n) is 3.41. The number of hydrogen-bond acceptors (Lipinski definition) is 10. The van der Waals surface area contributed by atoms with Crippen LogP contribution in [0.1, 0.15) is 22.6 Å². The molecule has 0 unspecified atom stereocenters. The summed E-state index contributed by atoms with van der Waals surface area (Å²) in [7, 11) is 4.35. The van der Waals surface area contributed by atoms with Crippen LogP contribution in [0.5, 0.6) is 23.3 Å². The monoisotopic (exact) mass is 478 g/mol. The van der Waals surface area contributed by atoms with Gasteiger partial charge in [0.1, 0.15) is 0 Å². The molecular formula is C20H22N4O6S2. The highest BCUT2D eigenvalue weighted by atomic mass is 32.2. The highest BCUT2D eigenvalue weighted by molar-refractivity contribution is 7.98. The molecule has 0 saturated carbocycles. The summed E-state index contributed by atoms with van der Waals surface area (Å²) in [5.41, 5.74) is -1.45. The lowest BCUT2D eigenvalue weighted by atomic mass is 9.86. The van der Waals surface area contributed by atoms with Crippen LogP contribution >= 0.6 is 23.5 Å². The Bertz CT molecular complexity index is 1230. The van der Waals surface area contributed by atoms with Crippen molar-refractivity contribution >= 4 is 23.5 Å². The molecular weight excluding hydrogens is 456 g/mol. The van der Waals surface area contributed by atoms with Crippen molar-refractivity contribution in [1.82, 2.24) is 19.1 Å². The lowest BCUT2D eigenvalue weighted by Gasteiger charge is -2.21. The van der Waals surface area contributed by atoms with E-state index >= 15 is 0 Å². The second-order valence-corrected chi connectivity index (χ2v) is 8.31. The van der Waals surface area contributed by atoms with Crippen LogP contribution in [0.4, 0.5) is 0 Å². The van der Waals surface area contributed by atoms with Crippen LogP contribution in [0.3, 0.4) is 0 Å². The number of thioether (sulfide) groups is 2. The predicted octanol–water partition coefficient (Wildman–Crippen LogP) is 1.62. The van der Waals surface area contributed by atoms with Crippen LogP contribution in [-0.2, 0) is 14.1 Å². The minimum Gasteiger partial charge on any atom is -0.504 e. The van der Waals surface area contributed by atoms with Gasteiger partial charge >= 0.3 is 0 Å². The normalized spacial score (nSPS) is 11.2. The zero-order valence-corrected chi connectivity index (χ0v) is 19.6. The molecule has 1 aromatic carbocycles. The summed E-state index contributed by atoms with van der Waals surface area (Å²) in [5, 5.41) is 32.3. The second kappa shape index (κ2) is 9.17. The van der Waals surface area contributed by atoms with Gasteiger partial charge in [0.2, 0.25) is 11.8 Å². The number of hydrogen-bond donors (Lipinski definition) is 3. The summed E-state index contributed by atoms with van der Waals surface area (Å²) >= 11 is 2.32. The lowest BCUT2D eigenvalue weighted by molar-refractivity contribution is 0.372. The zero-order valence-electron chi connectivity index (χ0n) is 18.0. The van der Waals surface area contributed by atoms with E-state index in [0.717, 1.165) is 23.5 Å². The molecule has 0 spiro atoms. The summed E-state index contributed by atoms with van der Waals surface area (Å²) in [6.45, 7) is 0. The Hall–Kier alpha value is -3.12.